The predicted molar refractivity (Wildman–Crippen MR) is 118 cm³/mol. The van der Waals surface area contributed by atoms with Gasteiger partial charge in [0.25, 0.3) is 0 Å². The van der Waals surface area contributed by atoms with Crippen LogP contribution in [0.1, 0.15) is 46.7 Å². The SMILES string of the molecule is C[C@@H](NC12c3ccccc3C(c3ccccc31)[C@@H]1C(=O)N(C)C(=O)[C@@H]12)c1ccccc1. The Morgan fingerprint density at radius 3 is 1.97 bits per heavy atom. The minimum atomic E-state index is -0.751. The highest BCUT2D eigenvalue weighted by molar-refractivity contribution is 6.08. The number of amides is 2. The fraction of sp³-hybridized carbons (Fsp3) is 0.259. The second-order valence-corrected chi connectivity index (χ2v) is 8.98. The van der Waals surface area contributed by atoms with Gasteiger partial charge < -0.3 is 0 Å². The number of likely N-dealkylation sites (tertiary alicyclic amines) is 1. The van der Waals surface area contributed by atoms with E-state index in [1.54, 1.807) is 7.05 Å². The van der Waals surface area contributed by atoms with E-state index in [4.69, 9.17) is 0 Å². The minimum Gasteiger partial charge on any atom is -0.296 e. The molecule has 7 rings (SSSR count). The van der Waals surface area contributed by atoms with E-state index in [0.29, 0.717) is 0 Å². The Morgan fingerprint density at radius 1 is 0.806 bits per heavy atom. The lowest BCUT2D eigenvalue weighted by atomic mass is 9.51. The standard InChI is InChI=1S/C27H24N2O2/c1-16(17-10-4-3-5-11-17)28-27-20-14-8-6-12-18(20)22(19-13-7-9-15-21(19)27)23-24(27)26(31)29(2)25(23)30/h3-16,22-24,28H,1-2H3/t16-,22?,23+,24-,27?/m1/s1. The number of benzene rings is 3. The third-order valence-corrected chi connectivity index (χ3v) is 7.58. The summed E-state index contributed by atoms with van der Waals surface area (Å²) in [4.78, 5) is 28.2. The van der Waals surface area contributed by atoms with Crippen LogP contribution in [0.2, 0.25) is 0 Å². The Hall–Kier alpha value is -3.24. The fourth-order valence-corrected chi connectivity index (χ4v) is 6.33. The maximum absolute atomic E-state index is 13.5. The average Bonchev–Trinajstić information content (AvgIpc) is 3.05. The van der Waals surface area contributed by atoms with Gasteiger partial charge in [-0.3, -0.25) is 19.8 Å². The van der Waals surface area contributed by atoms with Gasteiger partial charge in [-0.25, -0.2) is 0 Å². The van der Waals surface area contributed by atoms with Crippen molar-refractivity contribution in [1.29, 1.82) is 0 Å². The molecule has 2 bridgehead atoms. The summed E-state index contributed by atoms with van der Waals surface area (Å²) in [6.07, 6.45) is 0. The van der Waals surface area contributed by atoms with Crippen molar-refractivity contribution < 1.29 is 9.59 Å². The van der Waals surface area contributed by atoms with Gasteiger partial charge in [0, 0.05) is 19.0 Å². The van der Waals surface area contributed by atoms with Crippen molar-refractivity contribution in [3.8, 4) is 0 Å². The first-order valence-corrected chi connectivity index (χ1v) is 10.9. The van der Waals surface area contributed by atoms with Gasteiger partial charge in [0.05, 0.1) is 17.4 Å². The number of hydrogen-bond donors (Lipinski definition) is 1. The van der Waals surface area contributed by atoms with E-state index >= 15 is 0 Å². The molecule has 4 heteroatoms. The van der Waals surface area contributed by atoms with Gasteiger partial charge in [0.15, 0.2) is 0 Å². The van der Waals surface area contributed by atoms with E-state index in [1.165, 1.54) is 4.90 Å². The molecule has 1 aliphatic heterocycles. The van der Waals surface area contributed by atoms with Crippen LogP contribution in [-0.2, 0) is 15.1 Å². The molecule has 3 aliphatic carbocycles. The topological polar surface area (TPSA) is 49.4 Å². The van der Waals surface area contributed by atoms with E-state index in [9.17, 15) is 9.59 Å². The first-order chi connectivity index (χ1) is 15.1. The Morgan fingerprint density at radius 2 is 1.35 bits per heavy atom. The number of imide groups is 1. The van der Waals surface area contributed by atoms with Crippen LogP contribution in [0.25, 0.3) is 0 Å². The zero-order valence-corrected chi connectivity index (χ0v) is 17.6. The summed E-state index contributed by atoms with van der Waals surface area (Å²) in [7, 11) is 1.63. The van der Waals surface area contributed by atoms with Crippen LogP contribution < -0.4 is 5.32 Å². The Balaban J connectivity index is 1.65. The van der Waals surface area contributed by atoms with Crippen molar-refractivity contribution in [3.05, 3.63) is 107 Å². The van der Waals surface area contributed by atoms with Crippen molar-refractivity contribution in [1.82, 2.24) is 10.2 Å². The average molecular weight is 409 g/mol. The maximum atomic E-state index is 13.5. The van der Waals surface area contributed by atoms with Gasteiger partial charge >= 0.3 is 0 Å². The van der Waals surface area contributed by atoms with Gasteiger partial charge in [-0.1, -0.05) is 78.9 Å². The molecule has 1 N–H and O–H groups in total. The molecule has 0 unspecified atom stereocenters. The van der Waals surface area contributed by atoms with Crippen LogP contribution in [0.15, 0.2) is 78.9 Å². The molecule has 3 aromatic rings. The van der Waals surface area contributed by atoms with Crippen LogP contribution in [-0.4, -0.2) is 23.8 Å². The molecule has 31 heavy (non-hydrogen) atoms. The van der Waals surface area contributed by atoms with Crippen molar-refractivity contribution in [2.75, 3.05) is 7.05 Å². The summed E-state index contributed by atoms with van der Waals surface area (Å²) in [5, 5.41) is 3.89. The molecule has 154 valence electrons. The molecule has 1 fully saturated rings. The summed E-state index contributed by atoms with van der Waals surface area (Å²) in [5.74, 6) is -1.07. The number of nitrogens with one attached hydrogen (secondary N) is 1. The van der Waals surface area contributed by atoms with Crippen LogP contribution in [0.5, 0.6) is 0 Å². The molecule has 4 nitrogen and oxygen atoms in total. The normalized spacial score (nSPS) is 28.8. The summed E-state index contributed by atoms with van der Waals surface area (Å²) in [6.45, 7) is 2.13. The molecule has 1 heterocycles. The number of rotatable bonds is 3. The van der Waals surface area contributed by atoms with Gasteiger partial charge in [-0.2, -0.15) is 0 Å². The lowest BCUT2D eigenvalue weighted by molar-refractivity contribution is -0.138. The number of carbonyl (C=O) groups excluding carboxylic acids is 2. The highest BCUT2D eigenvalue weighted by Gasteiger charge is 2.67. The quantitative estimate of drug-likeness (QED) is 0.667. The highest BCUT2D eigenvalue weighted by Crippen LogP contribution is 2.63. The summed E-state index contributed by atoms with van der Waals surface area (Å²) < 4.78 is 0. The molecule has 4 aliphatic rings. The van der Waals surface area contributed by atoms with Gasteiger partial charge in [-0.15, -0.1) is 0 Å². The highest BCUT2D eigenvalue weighted by atomic mass is 16.2. The molecular formula is C27H24N2O2. The molecule has 1 saturated heterocycles. The fourth-order valence-electron chi connectivity index (χ4n) is 6.33. The summed E-state index contributed by atoms with van der Waals surface area (Å²) in [5.41, 5.74) is 4.97. The Labute approximate surface area is 181 Å². The number of carbonyl (C=O) groups is 2. The lowest BCUT2D eigenvalue weighted by Gasteiger charge is -2.55. The van der Waals surface area contributed by atoms with Gasteiger partial charge in [0.1, 0.15) is 0 Å². The van der Waals surface area contributed by atoms with Crippen LogP contribution in [0.4, 0.5) is 0 Å². The van der Waals surface area contributed by atoms with E-state index in [0.717, 1.165) is 27.8 Å². The zero-order valence-electron chi connectivity index (χ0n) is 17.6. The molecule has 3 aromatic carbocycles. The van der Waals surface area contributed by atoms with Crippen molar-refractivity contribution in [2.45, 2.75) is 24.4 Å². The van der Waals surface area contributed by atoms with E-state index in [1.807, 2.05) is 42.5 Å². The molecule has 3 atom stereocenters. The van der Waals surface area contributed by atoms with Crippen LogP contribution in [0, 0.1) is 11.8 Å². The van der Waals surface area contributed by atoms with Crippen molar-refractivity contribution in [2.24, 2.45) is 11.8 Å². The van der Waals surface area contributed by atoms with Gasteiger partial charge in [0.2, 0.25) is 11.8 Å². The molecule has 0 aromatic heterocycles. The third kappa shape index (κ3) is 2.23. The molecule has 2 amide bonds. The first kappa shape index (κ1) is 18.5. The monoisotopic (exact) mass is 408 g/mol. The molecule has 0 radical (unpaired) electrons. The number of hydrogen-bond acceptors (Lipinski definition) is 3. The minimum absolute atomic E-state index is 0.00794. The molecular weight excluding hydrogens is 384 g/mol. The predicted octanol–water partition coefficient (Wildman–Crippen LogP) is 3.97. The van der Waals surface area contributed by atoms with Gasteiger partial charge in [-0.05, 0) is 34.7 Å². The summed E-state index contributed by atoms with van der Waals surface area (Å²) >= 11 is 0. The molecule has 0 spiro atoms. The van der Waals surface area contributed by atoms with E-state index in [-0.39, 0.29) is 29.7 Å². The second kappa shape index (κ2) is 6.38. The van der Waals surface area contributed by atoms with Crippen LogP contribution in [0.3, 0.4) is 0 Å². The van der Waals surface area contributed by atoms with Crippen LogP contribution >= 0.6 is 0 Å². The third-order valence-electron chi connectivity index (χ3n) is 7.58. The lowest BCUT2D eigenvalue weighted by Crippen LogP contribution is -2.61. The first-order valence-electron chi connectivity index (χ1n) is 10.9. The van der Waals surface area contributed by atoms with Crippen molar-refractivity contribution in [3.63, 3.8) is 0 Å². The molecule has 0 saturated carbocycles. The van der Waals surface area contributed by atoms with Crippen molar-refractivity contribution >= 4 is 11.8 Å². The number of nitrogens with zero attached hydrogens (tertiary/aromatic N) is 1. The second-order valence-electron chi connectivity index (χ2n) is 8.98. The smallest absolute Gasteiger partial charge is 0.235 e. The Bertz CT molecular complexity index is 1170. The van der Waals surface area contributed by atoms with E-state index < -0.39 is 11.5 Å². The zero-order chi connectivity index (χ0) is 21.3. The largest absolute Gasteiger partial charge is 0.296 e. The van der Waals surface area contributed by atoms with E-state index in [2.05, 4.69) is 48.6 Å². The summed E-state index contributed by atoms with van der Waals surface area (Å²) in [6, 6.07) is 27.0. The maximum Gasteiger partial charge on any atom is 0.235 e. The Kier molecular flexibility index (Phi) is 3.81.